The third-order valence-corrected chi connectivity index (χ3v) is 5.47. The molecular formula is C14H11NO2S2. The maximum absolute atomic E-state index is 11.4. The molecular weight excluding hydrogens is 278 g/mol. The van der Waals surface area contributed by atoms with Crippen LogP contribution >= 0.6 is 11.8 Å². The number of hydrogen-bond acceptors (Lipinski definition) is 3. The average Bonchev–Trinajstić information content (AvgIpc) is 2.55. The molecule has 19 heavy (non-hydrogen) atoms. The molecule has 0 amide bonds. The Morgan fingerprint density at radius 2 is 1.68 bits per heavy atom. The van der Waals surface area contributed by atoms with Gasteiger partial charge in [0.15, 0.2) is 0 Å². The van der Waals surface area contributed by atoms with E-state index in [9.17, 15) is 8.42 Å². The van der Waals surface area contributed by atoms with Crippen molar-refractivity contribution in [3.05, 3.63) is 67.6 Å². The molecule has 3 nitrogen and oxygen atoms in total. The molecule has 1 aliphatic carbocycles. The van der Waals surface area contributed by atoms with Gasteiger partial charge in [-0.05, 0) is 34.2 Å². The molecule has 1 heterocycles. The van der Waals surface area contributed by atoms with E-state index in [0.29, 0.717) is 0 Å². The highest BCUT2D eigenvalue weighted by atomic mass is 32.3. The fourth-order valence-corrected chi connectivity index (χ4v) is 3.70. The van der Waals surface area contributed by atoms with Crippen molar-refractivity contribution in [2.45, 2.75) is 0 Å². The number of sulfonamides is 1. The van der Waals surface area contributed by atoms with Crippen LogP contribution < -0.4 is 15.6 Å². The third kappa shape index (κ3) is 2.45. The summed E-state index contributed by atoms with van der Waals surface area (Å²) in [6, 6.07) is 8.02. The molecule has 3 rings (SSSR count). The molecule has 1 aromatic rings. The minimum atomic E-state index is -3.64. The first-order chi connectivity index (χ1) is 9.04. The van der Waals surface area contributed by atoms with E-state index < -0.39 is 10.0 Å². The van der Waals surface area contributed by atoms with Crippen LogP contribution in [-0.4, -0.2) is 8.42 Å². The van der Waals surface area contributed by atoms with Gasteiger partial charge >= 0.3 is 0 Å². The summed E-state index contributed by atoms with van der Waals surface area (Å²) in [6.07, 6.45) is 9.31. The number of benzene rings is 1. The highest BCUT2D eigenvalue weighted by molar-refractivity contribution is 8.20. The lowest BCUT2D eigenvalue weighted by molar-refractivity contribution is 0.605. The van der Waals surface area contributed by atoms with Crippen LogP contribution in [0.25, 0.3) is 12.2 Å². The Balaban J connectivity index is 2.18. The van der Waals surface area contributed by atoms with Gasteiger partial charge in [-0.3, -0.25) is 0 Å². The largest absolute Gasteiger partial charge is 0.244 e. The van der Waals surface area contributed by atoms with Crippen molar-refractivity contribution in [2.75, 3.05) is 0 Å². The Morgan fingerprint density at radius 1 is 0.947 bits per heavy atom. The monoisotopic (exact) mass is 289 g/mol. The van der Waals surface area contributed by atoms with E-state index in [1.54, 1.807) is 12.2 Å². The first-order valence-corrected chi connectivity index (χ1v) is 8.02. The Labute approximate surface area is 115 Å². The van der Waals surface area contributed by atoms with Crippen LogP contribution in [0, 0.1) is 0 Å². The molecule has 1 aromatic carbocycles. The molecule has 0 fully saturated rings. The topological polar surface area (TPSA) is 60.2 Å². The summed E-state index contributed by atoms with van der Waals surface area (Å²) in [7, 11) is -3.64. The van der Waals surface area contributed by atoms with Crippen molar-refractivity contribution in [3.63, 3.8) is 0 Å². The maximum atomic E-state index is 11.4. The van der Waals surface area contributed by atoms with Gasteiger partial charge in [0.1, 0.15) is 4.24 Å². The molecule has 0 saturated carbocycles. The fourth-order valence-electron chi connectivity index (χ4n) is 1.97. The molecule has 2 N–H and O–H groups in total. The van der Waals surface area contributed by atoms with Gasteiger partial charge in [0, 0.05) is 4.91 Å². The lowest BCUT2D eigenvalue weighted by atomic mass is 10.1. The lowest BCUT2D eigenvalue weighted by Gasteiger charge is -2.13. The van der Waals surface area contributed by atoms with Gasteiger partial charge in [-0.2, -0.15) is 0 Å². The summed E-state index contributed by atoms with van der Waals surface area (Å²) >= 11 is 1.18. The summed E-state index contributed by atoms with van der Waals surface area (Å²) in [6.45, 7) is 0. The van der Waals surface area contributed by atoms with E-state index in [1.807, 2.05) is 42.5 Å². The summed E-state index contributed by atoms with van der Waals surface area (Å²) in [5, 5.41) is 7.39. The van der Waals surface area contributed by atoms with Gasteiger partial charge < -0.3 is 0 Å². The molecule has 0 unspecified atom stereocenters. The molecule has 0 aromatic heterocycles. The number of rotatable bonds is 1. The predicted molar refractivity (Wildman–Crippen MR) is 79.6 cm³/mol. The molecule has 2 aliphatic rings. The molecule has 0 spiro atoms. The highest BCUT2D eigenvalue weighted by Gasteiger charge is 2.19. The normalized spacial score (nSPS) is 17.6. The lowest BCUT2D eigenvalue weighted by Crippen LogP contribution is -2.22. The summed E-state index contributed by atoms with van der Waals surface area (Å²) < 4.78 is 22.9. The Bertz CT molecular complexity index is 859. The molecule has 5 heteroatoms. The second kappa shape index (κ2) is 4.52. The van der Waals surface area contributed by atoms with E-state index in [4.69, 9.17) is 5.14 Å². The Morgan fingerprint density at radius 3 is 2.42 bits per heavy atom. The first-order valence-electron chi connectivity index (χ1n) is 5.66. The standard InChI is InChI=1S/C14H11NO2S2/c15-19(16,17)14-8-6-12-9-11-4-2-1-3-10(11)5-7-13(12)18-14/h1-9H,(H2,15,16,17). The minimum absolute atomic E-state index is 0.176. The van der Waals surface area contributed by atoms with Gasteiger partial charge in [0.2, 0.25) is 10.0 Å². The molecule has 1 aliphatic heterocycles. The van der Waals surface area contributed by atoms with E-state index in [0.717, 1.165) is 20.9 Å². The van der Waals surface area contributed by atoms with E-state index in [1.165, 1.54) is 11.8 Å². The molecule has 96 valence electrons. The quantitative estimate of drug-likeness (QED) is 0.837. The molecule has 0 saturated heterocycles. The number of allylic oxidation sites excluding steroid dienone is 4. The zero-order valence-electron chi connectivity index (χ0n) is 9.91. The SMILES string of the molecule is NS(=O)(=O)C1=CC=C2C=c3ccccc3=CC=C2S1. The molecule has 0 radical (unpaired) electrons. The second-order valence-electron chi connectivity index (χ2n) is 4.23. The number of primary sulfonamides is 1. The number of hydrogen-bond donors (Lipinski definition) is 1. The van der Waals surface area contributed by atoms with Gasteiger partial charge in [-0.15, -0.1) is 0 Å². The van der Waals surface area contributed by atoms with Gasteiger partial charge in [-0.25, -0.2) is 13.6 Å². The zero-order chi connectivity index (χ0) is 13.5. The Hall–Kier alpha value is -1.56. The van der Waals surface area contributed by atoms with Crippen LogP contribution in [0.1, 0.15) is 0 Å². The van der Waals surface area contributed by atoms with Crippen LogP contribution in [0.15, 0.2) is 57.2 Å². The fraction of sp³-hybridized carbons (Fsp3) is 0. The van der Waals surface area contributed by atoms with Crippen molar-refractivity contribution in [1.82, 2.24) is 0 Å². The van der Waals surface area contributed by atoms with Crippen LogP contribution in [0.2, 0.25) is 0 Å². The predicted octanol–water partition coefficient (Wildman–Crippen LogP) is 0.948. The summed E-state index contributed by atoms with van der Waals surface area (Å²) in [5.74, 6) is 0. The minimum Gasteiger partial charge on any atom is -0.224 e. The molecule has 0 bridgehead atoms. The van der Waals surface area contributed by atoms with Crippen molar-refractivity contribution < 1.29 is 8.42 Å². The van der Waals surface area contributed by atoms with E-state index in [-0.39, 0.29) is 4.24 Å². The van der Waals surface area contributed by atoms with Crippen LogP contribution in [0.5, 0.6) is 0 Å². The van der Waals surface area contributed by atoms with E-state index >= 15 is 0 Å². The number of fused-ring (bicyclic) bond motifs is 2. The van der Waals surface area contributed by atoms with Crippen molar-refractivity contribution in [1.29, 1.82) is 0 Å². The number of nitrogens with two attached hydrogens (primary N) is 1. The van der Waals surface area contributed by atoms with Crippen molar-refractivity contribution in [3.8, 4) is 0 Å². The van der Waals surface area contributed by atoms with Gasteiger partial charge in [0.25, 0.3) is 0 Å². The van der Waals surface area contributed by atoms with Gasteiger partial charge in [-0.1, -0.05) is 48.2 Å². The highest BCUT2D eigenvalue weighted by Crippen LogP contribution is 2.37. The van der Waals surface area contributed by atoms with Crippen molar-refractivity contribution >= 4 is 33.9 Å². The second-order valence-corrected chi connectivity index (χ2v) is 7.10. The third-order valence-electron chi connectivity index (χ3n) is 2.90. The smallest absolute Gasteiger partial charge is 0.224 e. The van der Waals surface area contributed by atoms with Crippen molar-refractivity contribution in [2.24, 2.45) is 5.14 Å². The van der Waals surface area contributed by atoms with E-state index in [2.05, 4.69) is 0 Å². The maximum Gasteiger partial charge on any atom is 0.244 e. The van der Waals surface area contributed by atoms with Crippen LogP contribution in [-0.2, 0) is 10.0 Å². The summed E-state index contributed by atoms with van der Waals surface area (Å²) in [4.78, 5) is 0.891. The number of thioether (sulfide) groups is 1. The van der Waals surface area contributed by atoms with Crippen LogP contribution in [0.3, 0.4) is 0 Å². The van der Waals surface area contributed by atoms with Crippen LogP contribution in [0.4, 0.5) is 0 Å². The Kier molecular flexibility index (Phi) is 2.97. The zero-order valence-corrected chi connectivity index (χ0v) is 11.5. The molecule has 0 atom stereocenters. The first kappa shape index (κ1) is 12.5. The summed E-state index contributed by atoms with van der Waals surface area (Å²) in [5.41, 5.74) is 0.999. The van der Waals surface area contributed by atoms with Gasteiger partial charge in [0.05, 0.1) is 0 Å². The average molecular weight is 289 g/mol.